The molecule has 21 heavy (non-hydrogen) atoms. The topological polar surface area (TPSA) is 60.2 Å². The van der Waals surface area contributed by atoms with Crippen LogP contribution in [0.2, 0.25) is 0 Å². The summed E-state index contributed by atoms with van der Waals surface area (Å²) < 4.78 is 7.44. The summed E-state index contributed by atoms with van der Waals surface area (Å²) in [6, 6.07) is 7.55. The standard InChI is InChI=1S/C16H23N3O2/c1-4-9-19-16(17-11-18-19)10-15(20)13-5-7-14(8-6-13)21-12(2)3/h5-8,11-12,15,20H,4,9-10H2,1-3H3. The van der Waals surface area contributed by atoms with E-state index in [4.69, 9.17) is 4.74 Å². The van der Waals surface area contributed by atoms with E-state index in [0.29, 0.717) is 6.42 Å². The van der Waals surface area contributed by atoms with Crippen LogP contribution in [0, 0.1) is 0 Å². The predicted molar refractivity (Wildman–Crippen MR) is 81.2 cm³/mol. The van der Waals surface area contributed by atoms with Crippen molar-refractivity contribution in [2.45, 2.75) is 52.4 Å². The fourth-order valence-electron chi connectivity index (χ4n) is 2.18. The molecule has 2 aromatic rings. The van der Waals surface area contributed by atoms with Crippen LogP contribution in [0.15, 0.2) is 30.6 Å². The second-order valence-electron chi connectivity index (χ2n) is 5.35. The van der Waals surface area contributed by atoms with Crippen LogP contribution in [-0.2, 0) is 13.0 Å². The highest BCUT2D eigenvalue weighted by Crippen LogP contribution is 2.21. The van der Waals surface area contributed by atoms with E-state index in [1.54, 1.807) is 0 Å². The van der Waals surface area contributed by atoms with Crippen LogP contribution in [-0.4, -0.2) is 26.0 Å². The molecule has 114 valence electrons. The zero-order valence-corrected chi connectivity index (χ0v) is 12.9. The number of aliphatic hydroxyl groups excluding tert-OH is 1. The maximum Gasteiger partial charge on any atom is 0.138 e. The molecule has 0 fully saturated rings. The summed E-state index contributed by atoms with van der Waals surface area (Å²) in [5, 5.41) is 14.5. The molecule has 2 rings (SSSR count). The number of hydrogen-bond acceptors (Lipinski definition) is 4. The van der Waals surface area contributed by atoms with Gasteiger partial charge in [0.25, 0.3) is 0 Å². The third-order valence-corrected chi connectivity index (χ3v) is 3.14. The number of aromatic nitrogens is 3. The minimum Gasteiger partial charge on any atom is -0.491 e. The molecule has 0 aliphatic rings. The molecule has 0 aliphatic carbocycles. The minimum atomic E-state index is -0.585. The molecule has 0 saturated heterocycles. The summed E-state index contributed by atoms with van der Waals surface area (Å²) in [5.74, 6) is 1.63. The number of benzene rings is 1. The fourth-order valence-corrected chi connectivity index (χ4v) is 2.18. The SMILES string of the molecule is CCCn1ncnc1CC(O)c1ccc(OC(C)C)cc1. The molecule has 5 heteroatoms. The van der Waals surface area contributed by atoms with Gasteiger partial charge in [0, 0.05) is 13.0 Å². The van der Waals surface area contributed by atoms with Gasteiger partial charge in [-0.3, -0.25) is 4.68 Å². The molecule has 0 aliphatic heterocycles. The molecule has 1 heterocycles. The fraction of sp³-hybridized carbons (Fsp3) is 0.500. The van der Waals surface area contributed by atoms with Crippen molar-refractivity contribution in [1.82, 2.24) is 14.8 Å². The Hall–Kier alpha value is -1.88. The van der Waals surface area contributed by atoms with Crippen molar-refractivity contribution in [3.05, 3.63) is 42.0 Å². The van der Waals surface area contributed by atoms with E-state index in [0.717, 1.165) is 30.1 Å². The van der Waals surface area contributed by atoms with E-state index in [2.05, 4.69) is 17.0 Å². The van der Waals surface area contributed by atoms with Gasteiger partial charge in [-0.15, -0.1) is 0 Å². The van der Waals surface area contributed by atoms with Crippen molar-refractivity contribution >= 4 is 0 Å². The Morgan fingerprint density at radius 1 is 1.24 bits per heavy atom. The van der Waals surface area contributed by atoms with Crippen molar-refractivity contribution < 1.29 is 9.84 Å². The molecule has 0 bridgehead atoms. The Morgan fingerprint density at radius 2 is 1.95 bits per heavy atom. The van der Waals surface area contributed by atoms with E-state index in [-0.39, 0.29) is 6.10 Å². The maximum atomic E-state index is 10.3. The molecule has 1 N–H and O–H groups in total. The molecule has 1 unspecified atom stereocenters. The van der Waals surface area contributed by atoms with Crippen LogP contribution >= 0.6 is 0 Å². The molecule has 0 radical (unpaired) electrons. The van der Waals surface area contributed by atoms with Crippen LogP contribution < -0.4 is 4.74 Å². The van der Waals surface area contributed by atoms with Crippen LogP contribution in [0.4, 0.5) is 0 Å². The highest BCUT2D eigenvalue weighted by molar-refractivity contribution is 5.29. The predicted octanol–water partition coefficient (Wildman–Crippen LogP) is 2.75. The summed E-state index contributed by atoms with van der Waals surface area (Å²) in [6.07, 6.45) is 2.56. The summed E-state index contributed by atoms with van der Waals surface area (Å²) in [5.41, 5.74) is 0.858. The first kappa shape index (κ1) is 15.5. The van der Waals surface area contributed by atoms with E-state index in [1.165, 1.54) is 6.33 Å². The maximum absolute atomic E-state index is 10.3. The Bertz CT molecular complexity index is 549. The average Bonchev–Trinajstić information content (AvgIpc) is 2.86. The summed E-state index contributed by atoms with van der Waals surface area (Å²) in [7, 11) is 0. The quantitative estimate of drug-likeness (QED) is 0.851. The molecule has 0 spiro atoms. The third-order valence-electron chi connectivity index (χ3n) is 3.14. The lowest BCUT2D eigenvalue weighted by molar-refractivity contribution is 0.173. The zero-order chi connectivity index (χ0) is 15.2. The summed E-state index contributed by atoms with van der Waals surface area (Å²) in [6.45, 7) is 6.89. The Morgan fingerprint density at radius 3 is 2.57 bits per heavy atom. The first-order valence-electron chi connectivity index (χ1n) is 7.41. The van der Waals surface area contributed by atoms with Crippen molar-refractivity contribution in [3.8, 4) is 5.75 Å². The molecule has 1 aromatic carbocycles. The summed E-state index contributed by atoms with van der Waals surface area (Å²) in [4.78, 5) is 4.22. The van der Waals surface area contributed by atoms with Crippen molar-refractivity contribution in [3.63, 3.8) is 0 Å². The number of hydrogen-bond donors (Lipinski definition) is 1. The first-order valence-corrected chi connectivity index (χ1v) is 7.41. The number of aliphatic hydroxyl groups is 1. The molecular weight excluding hydrogens is 266 g/mol. The Labute approximate surface area is 125 Å². The van der Waals surface area contributed by atoms with Crippen LogP contribution in [0.1, 0.15) is 44.7 Å². The van der Waals surface area contributed by atoms with Gasteiger partial charge in [-0.2, -0.15) is 5.10 Å². The second-order valence-corrected chi connectivity index (χ2v) is 5.35. The van der Waals surface area contributed by atoms with Crippen molar-refractivity contribution in [2.75, 3.05) is 0 Å². The normalized spacial score (nSPS) is 12.6. The summed E-state index contributed by atoms with van der Waals surface area (Å²) >= 11 is 0. The van der Waals surface area contributed by atoms with Gasteiger partial charge in [0.05, 0.1) is 12.2 Å². The average molecular weight is 289 g/mol. The van der Waals surface area contributed by atoms with Gasteiger partial charge in [-0.25, -0.2) is 4.98 Å². The van der Waals surface area contributed by atoms with Crippen LogP contribution in [0.25, 0.3) is 0 Å². The molecule has 1 aromatic heterocycles. The van der Waals surface area contributed by atoms with Gasteiger partial charge in [0.2, 0.25) is 0 Å². The minimum absolute atomic E-state index is 0.147. The van der Waals surface area contributed by atoms with Crippen molar-refractivity contribution in [1.29, 1.82) is 0 Å². The first-order chi connectivity index (χ1) is 10.1. The number of aryl methyl sites for hydroxylation is 1. The lowest BCUT2D eigenvalue weighted by atomic mass is 10.1. The Kier molecular flexibility index (Phi) is 5.33. The van der Waals surface area contributed by atoms with Gasteiger partial charge >= 0.3 is 0 Å². The van der Waals surface area contributed by atoms with Gasteiger partial charge in [-0.05, 0) is 38.0 Å². The van der Waals surface area contributed by atoms with Gasteiger partial charge in [0.15, 0.2) is 0 Å². The lowest BCUT2D eigenvalue weighted by Gasteiger charge is -2.13. The molecule has 5 nitrogen and oxygen atoms in total. The largest absolute Gasteiger partial charge is 0.491 e. The van der Waals surface area contributed by atoms with Crippen molar-refractivity contribution in [2.24, 2.45) is 0 Å². The number of ether oxygens (including phenoxy) is 1. The second kappa shape index (κ2) is 7.22. The van der Waals surface area contributed by atoms with Crippen LogP contribution in [0.5, 0.6) is 5.75 Å². The Balaban J connectivity index is 2.02. The highest BCUT2D eigenvalue weighted by Gasteiger charge is 2.13. The molecule has 1 atom stereocenters. The van der Waals surface area contributed by atoms with E-state index in [1.807, 2.05) is 42.8 Å². The number of nitrogens with zero attached hydrogens (tertiary/aromatic N) is 3. The van der Waals surface area contributed by atoms with Crippen LogP contribution in [0.3, 0.4) is 0 Å². The van der Waals surface area contributed by atoms with Gasteiger partial charge < -0.3 is 9.84 Å². The van der Waals surface area contributed by atoms with E-state index in [9.17, 15) is 5.11 Å². The van der Waals surface area contributed by atoms with Gasteiger partial charge in [-0.1, -0.05) is 19.1 Å². The van der Waals surface area contributed by atoms with E-state index >= 15 is 0 Å². The van der Waals surface area contributed by atoms with Gasteiger partial charge in [0.1, 0.15) is 17.9 Å². The number of rotatable bonds is 7. The third kappa shape index (κ3) is 4.29. The zero-order valence-electron chi connectivity index (χ0n) is 12.9. The highest BCUT2D eigenvalue weighted by atomic mass is 16.5. The van der Waals surface area contributed by atoms with E-state index < -0.39 is 6.10 Å². The molecule has 0 saturated carbocycles. The lowest BCUT2D eigenvalue weighted by Crippen LogP contribution is -2.10. The molecule has 0 amide bonds. The monoisotopic (exact) mass is 289 g/mol. The smallest absolute Gasteiger partial charge is 0.138 e. The molecular formula is C16H23N3O2.